The van der Waals surface area contributed by atoms with E-state index in [1.807, 2.05) is 78.9 Å². The fraction of sp³-hybridized carbons (Fsp3) is 0.286. The highest BCUT2D eigenvalue weighted by Crippen LogP contribution is 2.39. The lowest BCUT2D eigenvalue weighted by Crippen LogP contribution is -2.31. The lowest BCUT2D eigenvalue weighted by molar-refractivity contribution is -0.245. The van der Waals surface area contributed by atoms with Crippen LogP contribution in [0.3, 0.4) is 0 Å². The maximum Gasteiger partial charge on any atom is 0.319 e. The van der Waals surface area contributed by atoms with Gasteiger partial charge in [-0.3, -0.25) is 0 Å². The minimum Gasteiger partial charge on any atom is -0.392 e. The largest absolute Gasteiger partial charge is 0.392 e. The first-order chi connectivity index (χ1) is 19.1. The molecule has 1 aliphatic rings. The molecule has 202 valence electrons. The molecule has 0 saturated carbocycles. The van der Waals surface area contributed by atoms with Gasteiger partial charge in [0.05, 0.1) is 18.8 Å². The number of benzene rings is 3. The SMILES string of the molecule is Cn1nnnc1SCC1CC(c2ccc(CO)cc2)OC(c2cccc(NC(=O)NCc3ccccc3)c2)O1. The van der Waals surface area contributed by atoms with E-state index in [1.165, 1.54) is 11.8 Å². The predicted octanol–water partition coefficient (Wildman–Crippen LogP) is 4.36. The summed E-state index contributed by atoms with van der Waals surface area (Å²) in [7, 11) is 1.80. The van der Waals surface area contributed by atoms with Crippen LogP contribution >= 0.6 is 11.8 Å². The van der Waals surface area contributed by atoms with Crippen LogP contribution in [0.2, 0.25) is 0 Å². The zero-order chi connectivity index (χ0) is 27.0. The van der Waals surface area contributed by atoms with Gasteiger partial charge in [0.25, 0.3) is 0 Å². The minimum absolute atomic E-state index is 0.0126. The van der Waals surface area contributed by atoms with Gasteiger partial charge in [-0.2, -0.15) is 0 Å². The van der Waals surface area contributed by atoms with Crippen molar-refractivity contribution in [3.05, 3.63) is 101 Å². The summed E-state index contributed by atoms with van der Waals surface area (Å²) in [4.78, 5) is 12.5. The summed E-state index contributed by atoms with van der Waals surface area (Å²) >= 11 is 1.52. The van der Waals surface area contributed by atoms with Gasteiger partial charge in [0.2, 0.25) is 5.16 Å². The van der Waals surface area contributed by atoms with Crippen molar-refractivity contribution in [2.45, 2.75) is 43.2 Å². The summed E-state index contributed by atoms with van der Waals surface area (Å²) in [6.07, 6.45) is -0.351. The van der Waals surface area contributed by atoms with Crippen LogP contribution in [-0.4, -0.2) is 43.2 Å². The van der Waals surface area contributed by atoms with Crippen LogP contribution in [-0.2, 0) is 29.7 Å². The lowest BCUT2D eigenvalue weighted by atomic mass is 10.0. The van der Waals surface area contributed by atoms with Gasteiger partial charge in [0.15, 0.2) is 6.29 Å². The predicted molar refractivity (Wildman–Crippen MR) is 147 cm³/mol. The Morgan fingerprint density at radius 1 is 1.03 bits per heavy atom. The summed E-state index contributed by atoms with van der Waals surface area (Å²) < 4.78 is 14.4. The molecule has 3 N–H and O–H groups in total. The highest BCUT2D eigenvalue weighted by Gasteiger charge is 2.32. The van der Waals surface area contributed by atoms with Gasteiger partial charge >= 0.3 is 6.03 Å². The Hall–Kier alpha value is -3.77. The number of hydrogen-bond donors (Lipinski definition) is 3. The van der Waals surface area contributed by atoms with Gasteiger partial charge in [-0.1, -0.05) is 78.5 Å². The van der Waals surface area contributed by atoms with Crippen LogP contribution in [0.5, 0.6) is 0 Å². The number of tetrazole rings is 1. The molecule has 11 heteroatoms. The number of aromatic nitrogens is 4. The van der Waals surface area contributed by atoms with E-state index in [4.69, 9.17) is 9.47 Å². The summed E-state index contributed by atoms with van der Waals surface area (Å²) in [6, 6.07) is 24.7. The molecular formula is C28H30N6O4S. The van der Waals surface area contributed by atoms with Crippen molar-refractivity contribution in [1.29, 1.82) is 0 Å². The van der Waals surface area contributed by atoms with Crippen LogP contribution in [0, 0.1) is 0 Å². The van der Waals surface area contributed by atoms with Crippen LogP contribution in [0.15, 0.2) is 84.0 Å². The van der Waals surface area contributed by atoms with Gasteiger partial charge in [0.1, 0.15) is 0 Å². The quantitative estimate of drug-likeness (QED) is 0.265. The van der Waals surface area contributed by atoms with Crippen molar-refractivity contribution in [2.24, 2.45) is 7.05 Å². The molecule has 3 unspecified atom stereocenters. The van der Waals surface area contributed by atoms with E-state index < -0.39 is 6.29 Å². The summed E-state index contributed by atoms with van der Waals surface area (Å²) in [5.41, 5.74) is 4.29. The molecule has 1 aromatic heterocycles. The second-order valence-electron chi connectivity index (χ2n) is 9.16. The Labute approximate surface area is 230 Å². The van der Waals surface area contributed by atoms with Gasteiger partial charge in [-0.05, 0) is 39.2 Å². The van der Waals surface area contributed by atoms with Crippen molar-refractivity contribution >= 4 is 23.5 Å². The standard InChI is InChI=1S/C28H30N6O4S/c1-34-28(31-32-33-34)39-18-24-15-25(21-12-10-20(17-35)11-13-21)38-26(37-24)22-8-5-9-23(14-22)30-27(36)29-16-19-6-3-2-4-7-19/h2-14,24-26,35H,15-18H2,1H3,(H2,29,30,36). The number of nitrogens with zero attached hydrogens (tertiary/aromatic N) is 4. The van der Waals surface area contributed by atoms with E-state index in [1.54, 1.807) is 11.7 Å². The first kappa shape index (κ1) is 26.8. The third kappa shape index (κ3) is 7.21. The molecule has 5 rings (SSSR count). The van der Waals surface area contributed by atoms with Crippen molar-refractivity contribution in [1.82, 2.24) is 25.5 Å². The molecule has 2 heterocycles. The van der Waals surface area contributed by atoms with Crippen LogP contribution in [0.1, 0.15) is 41.1 Å². The molecule has 39 heavy (non-hydrogen) atoms. The number of rotatable bonds is 9. The van der Waals surface area contributed by atoms with Gasteiger partial charge < -0.3 is 25.2 Å². The highest BCUT2D eigenvalue weighted by atomic mass is 32.2. The molecule has 0 bridgehead atoms. The molecule has 1 aliphatic heterocycles. The number of hydrogen-bond acceptors (Lipinski definition) is 8. The van der Waals surface area contributed by atoms with E-state index in [0.29, 0.717) is 29.6 Å². The molecule has 0 aliphatic carbocycles. The van der Waals surface area contributed by atoms with Crippen molar-refractivity contribution < 1.29 is 19.4 Å². The number of ether oxygens (including phenoxy) is 2. The van der Waals surface area contributed by atoms with Gasteiger partial charge in [0, 0.05) is 37.0 Å². The Balaban J connectivity index is 1.29. The first-order valence-electron chi connectivity index (χ1n) is 12.6. The highest BCUT2D eigenvalue weighted by molar-refractivity contribution is 7.99. The van der Waals surface area contributed by atoms with Crippen LogP contribution in [0.25, 0.3) is 0 Å². The molecule has 3 aromatic carbocycles. The normalized spacial score (nSPS) is 19.0. The van der Waals surface area contributed by atoms with E-state index in [-0.39, 0.29) is 24.8 Å². The Bertz CT molecular complexity index is 1370. The molecule has 10 nitrogen and oxygen atoms in total. The van der Waals surface area contributed by atoms with E-state index in [9.17, 15) is 9.90 Å². The van der Waals surface area contributed by atoms with E-state index >= 15 is 0 Å². The molecule has 1 saturated heterocycles. The third-order valence-corrected chi connectivity index (χ3v) is 7.45. The fourth-order valence-corrected chi connectivity index (χ4v) is 5.12. The third-order valence-electron chi connectivity index (χ3n) is 6.31. The number of carbonyl (C=O) groups excluding carboxylic acids is 1. The summed E-state index contributed by atoms with van der Waals surface area (Å²) in [5, 5.41) is 27.6. The Morgan fingerprint density at radius 3 is 2.59 bits per heavy atom. The zero-order valence-corrected chi connectivity index (χ0v) is 22.3. The molecule has 2 amide bonds. The smallest absolute Gasteiger partial charge is 0.319 e. The summed E-state index contributed by atoms with van der Waals surface area (Å²) in [6.45, 7) is 0.416. The van der Waals surface area contributed by atoms with Crippen LogP contribution < -0.4 is 10.6 Å². The molecular weight excluding hydrogens is 516 g/mol. The number of aryl methyl sites for hydroxylation is 1. The number of nitrogens with one attached hydrogen (secondary N) is 2. The second-order valence-corrected chi connectivity index (χ2v) is 10.2. The molecule has 1 fully saturated rings. The number of anilines is 1. The number of aliphatic hydroxyl groups is 1. The maximum atomic E-state index is 12.5. The molecule has 0 radical (unpaired) electrons. The van der Waals surface area contributed by atoms with E-state index in [0.717, 1.165) is 22.3 Å². The van der Waals surface area contributed by atoms with Crippen LogP contribution in [0.4, 0.5) is 10.5 Å². The summed E-state index contributed by atoms with van der Waals surface area (Å²) in [5.74, 6) is 0.638. The topological polar surface area (TPSA) is 123 Å². The number of aliphatic hydroxyl groups excluding tert-OH is 1. The average molecular weight is 547 g/mol. The molecule has 0 spiro atoms. The number of urea groups is 1. The number of thioether (sulfide) groups is 1. The lowest BCUT2D eigenvalue weighted by Gasteiger charge is -2.36. The van der Waals surface area contributed by atoms with Crippen molar-refractivity contribution in [2.75, 3.05) is 11.1 Å². The Kier molecular flexibility index (Phi) is 8.84. The van der Waals surface area contributed by atoms with Crippen molar-refractivity contribution in [3.8, 4) is 0 Å². The number of carbonyl (C=O) groups is 1. The monoisotopic (exact) mass is 546 g/mol. The minimum atomic E-state index is -0.640. The molecule has 4 aromatic rings. The first-order valence-corrected chi connectivity index (χ1v) is 13.6. The number of amides is 2. The van der Waals surface area contributed by atoms with Gasteiger partial charge in [-0.15, -0.1) is 5.10 Å². The fourth-order valence-electron chi connectivity index (χ4n) is 4.25. The zero-order valence-electron chi connectivity index (χ0n) is 21.4. The van der Waals surface area contributed by atoms with Crippen molar-refractivity contribution in [3.63, 3.8) is 0 Å². The Morgan fingerprint density at radius 2 is 1.85 bits per heavy atom. The van der Waals surface area contributed by atoms with E-state index in [2.05, 4.69) is 26.2 Å². The maximum absolute atomic E-state index is 12.5. The molecule has 3 atom stereocenters. The van der Waals surface area contributed by atoms with Gasteiger partial charge in [-0.25, -0.2) is 9.48 Å². The second kappa shape index (κ2) is 12.9. The average Bonchev–Trinajstić information content (AvgIpc) is 3.40.